The highest BCUT2D eigenvalue weighted by atomic mass is 16.2. The minimum Gasteiger partial charge on any atom is -0.366 e. The van der Waals surface area contributed by atoms with E-state index in [4.69, 9.17) is 5.73 Å². The molecule has 2 aromatic carbocycles. The van der Waals surface area contributed by atoms with E-state index in [0.717, 1.165) is 43.0 Å². The molecule has 4 heterocycles. The summed E-state index contributed by atoms with van der Waals surface area (Å²) in [5, 5.41) is 7.92. The van der Waals surface area contributed by atoms with Crippen LogP contribution in [-0.2, 0) is 9.59 Å². The van der Waals surface area contributed by atoms with Gasteiger partial charge in [0.1, 0.15) is 6.04 Å². The summed E-state index contributed by atoms with van der Waals surface area (Å²) in [7, 11) is 0. The summed E-state index contributed by atoms with van der Waals surface area (Å²) < 4.78 is 1.21. The monoisotopic (exact) mass is 568 g/mol. The summed E-state index contributed by atoms with van der Waals surface area (Å²) >= 11 is 0. The zero-order chi connectivity index (χ0) is 29.0. The van der Waals surface area contributed by atoms with Gasteiger partial charge >= 0.3 is 0 Å². The molecule has 3 N–H and O–H groups in total. The van der Waals surface area contributed by atoms with Crippen molar-refractivity contribution in [2.75, 3.05) is 24.5 Å². The molecule has 3 atom stereocenters. The highest BCUT2D eigenvalue weighted by molar-refractivity contribution is 5.99. The third kappa shape index (κ3) is 4.87. The van der Waals surface area contributed by atoms with Crippen LogP contribution in [0, 0.1) is 5.92 Å². The maximum atomic E-state index is 13.2. The summed E-state index contributed by atoms with van der Waals surface area (Å²) in [6.07, 6.45) is 8.13. The lowest BCUT2D eigenvalue weighted by Gasteiger charge is -2.38. The predicted molar refractivity (Wildman–Crippen MR) is 158 cm³/mol. The van der Waals surface area contributed by atoms with E-state index in [9.17, 15) is 19.2 Å². The Morgan fingerprint density at radius 1 is 0.952 bits per heavy atom. The van der Waals surface area contributed by atoms with Crippen LogP contribution in [0.5, 0.6) is 0 Å². The van der Waals surface area contributed by atoms with Crippen LogP contribution >= 0.6 is 0 Å². The van der Waals surface area contributed by atoms with Crippen molar-refractivity contribution < 1.29 is 14.4 Å². The number of hydrogen-bond donors (Lipinski definition) is 2. The highest BCUT2D eigenvalue weighted by Crippen LogP contribution is 2.40. The third-order valence-electron chi connectivity index (χ3n) is 9.99. The number of carbonyl (C=O) groups excluding carboxylic acids is 3. The Bertz CT molecular complexity index is 1610. The van der Waals surface area contributed by atoms with Crippen molar-refractivity contribution >= 4 is 34.2 Å². The summed E-state index contributed by atoms with van der Waals surface area (Å²) in [4.78, 5) is 53.5. The Morgan fingerprint density at radius 3 is 2.43 bits per heavy atom. The lowest BCUT2D eigenvalue weighted by atomic mass is 9.78. The Hall–Kier alpha value is -4.05. The number of nitrogens with one attached hydrogen (secondary N) is 1. The summed E-state index contributed by atoms with van der Waals surface area (Å²) in [5.41, 5.74) is 8.07. The van der Waals surface area contributed by atoms with Gasteiger partial charge in [0.05, 0.1) is 11.6 Å². The number of piperazine rings is 1. The number of hydrogen-bond acceptors (Lipinski definition) is 7. The number of rotatable bonds is 6. The molecule has 2 bridgehead atoms. The molecule has 218 valence electrons. The van der Waals surface area contributed by atoms with Gasteiger partial charge in [-0.25, -0.2) is 4.68 Å². The van der Waals surface area contributed by atoms with Crippen LogP contribution in [0.2, 0.25) is 0 Å². The van der Waals surface area contributed by atoms with Gasteiger partial charge < -0.3 is 10.6 Å². The number of anilines is 1. The van der Waals surface area contributed by atoms with E-state index in [1.54, 1.807) is 6.20 Å². The number of likely N-dealkylation sites (tertiary alicyclic amines) is 1. The van der Waals surface area contributed by atoms with Crippen molar-refractivity contribution in [3.8, 4) is 0 Å². The Kier molecular flexibility index (Phi) is 6.80. The molecule has 3 aliphatic heterocycles. The van der Waals surface area contributed by atoms with Gasteiger partial charge in [0.25, 0.3) is 11.5 Å². The summed E-state index contributed by atoms with van der Waals surface area (Å²) in [5.74, 6) is 0.115. The fraction of sp³-hybridized carbons (Fsp3) is 0.469. The second-order valence-corrected chi connectivity index (χ2v) is 12.5. The molecule has 1 saturated carbocycles. The lowest BCUT2D eigenvalue weighted by Crippen LogP contribution is -2.48. The van der Waals surface area contributed by atoms with Crippen molar-refractivity contribution in [2.45, 2.75) is 69.0 Å². The molecule has 3 aromatic rings. The Morgan fingerprint density at radius 2 is 1.74 bits per heavy atom. The summed E-state index contributed by atoms with van der Waals surface area (Å²) in [6.45, 7) is 3.20. The molecule has 0 spiro atoms. The van der Waals surface area contributed by atoms with Gasteiger partial charge in [0.15, 0.2) is 0 Å². The van der Waals surface area contributed by atoms with E-state index < -0.39 is 11.9 Å². The van der Waals surface area contributed by atoms with Gasteiger partial charge in [-0.1, -0.05) is 12.1 Å². The Balaban J connectivity index is 0.963. The van der Waals surface area contributed by atoms with Gasteiger partial charge in [0, 0.05) is 54.8 Å². The van der Waals surface area contributed by atoms with Crippen LogP contribution in [0.15, 0.2) is 53.5 Å². The van der Waals surface area contributed by atoms with Crippen LogP contribution in [0.3, 0.4) is 0 Å². The van der Waals surface area contributed by atoms with E-state index >= 15 is 0 Å². The molecule has 10 nitrogen and oxygen atoms in total. The SMILES string of the molecule is NC(=O)c1ccc(C2CCC(CN3CC4CC3CN4c3ccc4c(=O)n(C5CCC(=O)NC5=O)ncc4c3)CC2)cc1. The molecule has 4 aliphatic rings. The van der Waals surface area contributed by atoms with E-state index in [-0.39, 0.29) is 30.2 Å². The van der Waals surface area contributed by atoms with Crippen LogP contribution < -0.4 is 21.5 Å². The number of fused-ring (bicyclic) bond motifs is 3. The fourth-order valence-corrected chi connectivity index (χ4v) is 7.69. The van der Waals surface area contributed by atoms with Gasteiger partial charge in [-0.15, -0.1) is 0 Å². The van der Waals surface area contributed by atoms with E-state index in [2.05, 4.69) is 32.3 Å². The lowest BCUT2D eigenvalue weighted by molar-refractivity contribution is -0.136. The van der Waals surface area contributed by atoms with Crippen molar-refractivity contribution in [2.24, 2.45) is 11.7 Å². The molecule has 3 saturated heterocycles. The first kappa shape index (κ1) is 26.8. The molecule has 42 heavy (non-hydrogen) atoms. The molecular weight excluding hydrogens is 532 g/mol. The second-order valence-electron chi connectivity index (χ2n) is 12.5. The third-order valence-corrected chi connectivity index (χ3v) is 9.99. The fourth-order valence-electron chi connectivity index (χ4n) is 7.69. The zero-order valence-corrected chi connectivity index (χ0v) is 23.6. The van der Waals surface area contributed by atoms with Crippen molar-refractivity contribution in [1.29, 1.82) is 0 Å². The Labute approximate surface area is 243 Å². The molecule has 1 aromatic heterocycles. The average Bonchev–Trinajstić information content (AvgIpc) is 3.59. The first-order chi connectivity index (χ1) is 20.3. The van der Waals surface area contributed by atoms with Gasteiger partial charge in [0.2, 0.25) is 11.8 Å². The quantitative estimate of drug-likeness (QED) is 0.437. The molecule has 0 radical (unpaired) electrons. The van der Waals surface area contributed by atoms with Gasteiger partial charge in [-0.2, -0.15) is 5.10 Å². The van der Waals surface area contributed by atoms with Crippen molar-refractivity contribution in [3.63, 3.8) is 0 Å². The first-order valence-corrected chi connectivity index (χ1v) is 15.1. The van der Waals surface area contributed by atoms with E-state index in [0.29, 0.717) is 29.0 Å². The number of aromatic nitrogens is 2. The zero-order valence-electron chi connectivity index (χ0n) is 23.6. The molecule has 3 amide bonds. The topological polar surface area (TPSA) is 131 Å². The number of amides is 3. The molecule has 1 aliphatic carbocycles. The van der Waals surface area contributed by atoms with Crippen LogP contribution in [0.1, 0.15) is 72.8 Å². The maximum absolute atomic E-state index is 13.2. The second kappa shape index (κ2) is 10.7. The number of imide groups is 1. The molecular formula is C32H36N6O4. The van der Waals surface area contributed by atoms with Gasteiger partial charge in [-0.05, 0) is 86.3 Å². The standard InChI is InChI=1S/C32H36N6O4/c33-30(40)22-7-5-21(6-8-22)20-3-1-19(2-4-20)16-36-17-26-14-25(36)18-37(26)24-9-10-27-23(13-24)15-34-38(32(27)42)28-11-12-29(39)35-31(28)41/h5-10,13,15,19-20,25-26,28H,1-4,11-12,14,16-18H2,(H2,33,40)(H,35,39,41). The minimum atomic E-state index is -0.760. The van der Waals surface area contributed by atoms with E-state index in [1.165, 1.54) is 35.9 Å². The van der Waals surface area contributed by atoms with Crippen LogP contribution in [-0.4, -0.2) is 64.1 Å². The number of nitrogens with zero attached hydrogens (tertiary/aromatic N) is 4. The van der Waals surface area contributed by atoms with Crippen molar-refractivity contribution in [1.82, 2.24) is 20.0 Å². The number of benzene rings is 2. The predicted octanol–water partition coefficient (Wildman–Crippen LogP) is 2.71. The number of piperidine rings is 1. The normalized spacial score (nSPS) is 27.9. The van der Waals surface area contributed by atoms with Crippen molar-refractivity contribution in [3.05, 3.63) is 70.1 Å². The maximum Gasteiger partial charge on any atom is 0.275 e. The smallest absolute Gasteiger partial charge is 0.275 e. The van der Waals surface area contributed by atoms with Gasteiger partial charge in [-0.3, -0.25) is 29.4 Å². The number of carbonyl (C=O) groups is 3. The highest BCUT2D eigenvalue weighted by Gasteiger charge is 2.44. The largest absolute Gasteiger partial charge is 0.366 e. The molecule has 10 heteroatoms. The summed E-state index contributed by atoms with van der Waals surface area (Å²) in [6, 6.07) is 14.0. The minimum absolute atomic E-state index is 0.200. The molecule has 4 fully saturated rings. The first-order valence-electron chi connectivity index (χ1n) is 15.1. The van der Waals surface area contributed by atoms with Crippen LogP contribution in [0.4, 0.5) is 5.69 Å². The van der Waals surface area contributed by atoms with Crippen LogP contribution in [0.25, 0.3) is 10.8 Å². The molecule has 7 rings (SSSR count). The number of primary amides is 1. The average molecular weight is 569 g/mol. The van der Waals surface area contributed by atoms with E-state index in [1.807, 2.05) is 30.3 Å². The molecule has 3 unspecified atom stereocenters. The number of nitrogens with two attached hydrogens (primary N) is 1.